The van der Waals surface area contributed by atoms with Gasteiger partial charge in [-0.1, -0.05) is 18.2 Å². The van der Waals surface area contributed by atoms with E-state index in [4.69, 9.17) is 4.74 Å². The lowest BCUT2D eigenvalue weighted by Crippen LogP contribution is -2.41. The molecule has 29 heavy (non-hydrogen) atoms. The Kier molecular flexibility index (Phi) is 5.53. The first-order chi connectivity index (χ1) is 14.1. The van der Waals surface area contributed by atoms with Crippen molar-refractivity contribution in [2.45, 2.75) is 19.2 Å². The molecule has 0 unspecified atom stereocenters. The van der Waals surface area contributed by atoms with Crippen molar-refractivity contribution in [3.05, 3.63) is 60.7 Å². The van der Waals surface area contributed by atoms with Crippen molar-refractivity contribution in [3.63, 3.8) is 0 Å². The Balaban J connectivity index is 1.49. The summed E-state index contributed by atoms with van der Waals surface area (Å²) in [6, 6.07) is 11.4. The summed E-state index contributed by atoms with van der Waals surface area (Å²) >= 11 is 0. The minimum atomic E-state index is -0.249. The summed E-state index contributed by atoms with van der Waals surface area (Å²) in [5.74, 6) is -0.232. The van der Waals surface area contributed by atoms with Crippen LogP contribution in [0.3, 0.4) is 0 Å². The Hall–Kier alpha value is -3.26. The Labute approximate surface area is 168 Å². The van der Waals surface area contributed by atoms with Gasteiger partial charge in [0.2, 0.25) is 11.8 Å². The van der Waals surface area contributed by atoms with E-state index >= 15 is 0 Å². The lowest BCUT2D eigenvalue weighted by molar-refractivity contribution is -0.139. The number of hydrogen-bond acceptors (Lipinski definition) is 5. The van der Waals surface area contributed by atoms with Crippen LogP contribution in [-0.2, 0) is 27.4 Å². The molecule has 3 heterocycles. The largest absolute Gasteiger partial charge is 0.378 e. The zero-order valence-corrected chi connectivity index (χ0v) is 16.3. The fourth-order valence-corrected chi connectivity index (χ4v) is 3.56. The Morgan fingerprint density at radius 3 is 2.86 bits per heavy atom. The standard InChI is InChI=1S/C21H23N5O3/c1-29-17-11-24(10-16-5-4-8-22-9-16)20(27)13-25(12-17)21(28)14-26-15-23-18-6-2-3-7-19(18)26/h2-9,15,17H,10-14H2,1H3/t17-/m0/s1. The van der Waals surface area contributed by atoms with E-state index in [0.29, 0.717) is 19.6 Å². The molecular formula is C21H23N5O3. The molecule has 0 N–H and O–H groups in total. The number of aromatic nitrogens is 3. The number of pyridine rings is 1. The van der Waals surface area contributed by atoms with E-state index in [2.05, 4.69) is 9.97 Å². The number of amides is 2. The maximum atomic E-state index is 13.0. The quantitative estimate of drug-likeness (QED) is 0.653. The summed E-state index contributed by atoms with van der Waals surface area (Å²) in [6.45, 7) is 1.42. The van der Waals surface area contributed by atoms with Gasteiger partial charge in [0.15, 0.2) is 0 Å². The van der Waals surface area contributed by atoms with Crippen molar-refractivity contribution in [1.29, 1.82) is 0 Å². The van der Waals surface area contributed by atoms with Gasteiger partial charge in [-0.2, -0.15) is 0 Å². The molecule has 150 valence electrons. The molecule has 3 aromatic rings. The highest BCUT2D eigenvalue weighted by Crippen LogP contribution is 2.15. The van der Waals surface area contributed by atoms with Crippen LogP contribution in [0.2, 0.25) is 0 Å². The van der Waals surface area contributed by atoms with Gasteiger partial charge in [0, 0.05) is 39.1 Å². The van der Waals surface area contributed by atoms with Crippen LogP contribution < -0.4 is 0 Å². The number of carbonyl (C=O) groups excluding carboxylic acids is 2. The van der Waals surface area contributed by atoms with Crippen molar-refractivity contribution < 1.29 is 14.3 Å². The molecule has 4 rings (SSSR count). The van der Waals surface area contributed by atoms with Gasteiger partial charge < -0.3 is 19.1 Å². The van der Waals surface area contributed by atoms with Crippen LogP contribution in [0.5, 0.6) is 0 Å². The van der Waals surface area contributed by atoms with Crippen LogP contribution in [0.4, 0.5) is 0 Å². The molecule has 2 aromatic heterocycles. The summed E-state index contributed by atoms with van der Waals surface area (Å²) < 4.78 is 7.36. The summed E-state index contributed by atoms with van der Waals surface area (Å²) in [6.07, 6.45) is 4.85. The van der Waals surface area contributed by atoms with Crippen molar-refractivity contribution in [2.24, 2.45) is 0 Å². The molecule has 0 radical (unpaired) electrons. The first kappa shape index (κ1) is 19.1. The van der Waals surface area contributed by atoms with E-state index in [1.807, 2.05) is 41.0 Å². The molecule has 2 amide bonds. The van der Waals surface area contributed by atoms with Gasteiger partial charge in [0.1, 0.15) is 6.54 Å². The van der Waals surface area contributed by atoms with Gasteiger partial charge in [-0.05, 0) is 23.8 Å². The predicted octanol–water partition coefficient (Wildman–Crippen LogP) is 1.32. The molecular weight excluding hydrogens is 370 g/mol. The van der Waals surface area contributed by atoms with E-state index < -0.39 is 0 Å². The Morgan fingerprint density at radius 2 is 2.07 bits per heavy atom. The summed E-state index contributed by atoms with van der Waals surface area (Å²) in [7, 11) is 1.61. The Morgan fingerprint density at radius 1 is 1.21 bits per heavy atom. The van der Waals surface area contributed by atoms with E-state index in [-0.39, 0.29) is 31.0 Å². The zero-order chi connectivity index (χ0) is 20.2. The number of ether oxygens (including phenoxy) is 1. The van der Waals surface area contributed by atoms with E-state index in [9.17, 15) is 9.59 Å². The van der Waals surface area contributed by atoms with Crippen molar-refractivity contribution in [1.82, 2.24) is 24.3 Å². The summed E-state index contributed by atoms with van der Waals surface area (Å²) in [5.41, 5.74) is 2.67. The minimum absolute atomic E-state index is 0.0333. The molecule has 1 fully saturated rings. The maximum Gasteiger partial charge on any atom is 0.243 e. The third-order valence-electron chi connectivity index (χ3n) is 5.14. The van der Waals surface area contributed by atoms with Crippen LogP contribution in [0, 0.1) is 0 Å². The Bertz CT molecular complexity index is 1000. The lowest BCUT2D eigenvalue weighted by atomic mass is 10.2. The van der Waals surface area contributed by atoms with Gasteiger partial charge in [-0.3, -0.25) is 14.6 Å². The highest BCUT2D eigenvalue weighted by atomic mass is 16.5. The molecule has 1 aliphatic heterocycles. The first-order valence-electron chi connectivity index (χ1n) is 9.51. The molecule has 0 saturated carbocycles. The number of benzene rings is 1. The fraction of sp³-hybridized carbons (Fsp3) is 0.333. The number of rotatable bonds is 5. The third kappa shape index (κ3) is 4.27. The van der Waals surface area contributed by atoms with E-state index in [1.165, 1.54) is 0 Å². The van der Waals surface area contributed by atoms with Crippen molar-refractivity contribution in [2.75, 3.05) is 26.7 Å². The average molecular weight is 393 g/mol. The second kappa shape index (κ2) is 8.40. The number of fused-ring (bicyclic) bond motifs is 1. The number of carbonyl (C=O) groups is 2. The normalized spacial score (nSPS) is 17.6. The topological polar surface area (TPSA) is 80.6 Å². The lowest BCUT2D eigenvalue weighted by Gasteiger charge is -2.23. The van der Waals surface area contributed by atoms with Gasteiger partial charge in [0.25, 0.3) is 0 Å². The number of nitrogens with zero attached hydrogens (tertiary/aromatic N) is 5. The van der Waals surface area contributed by atoms with Crippen LogP contribution in [0.1, 0.15) is 5.56 Å². The van der Waals surface area contributed by atoms with Gasteiger partial charge in [-0.15, -0.1) is 0 Å². The minimum Gasteiger partial charge on any atom is -0.378 e. The van der Waals surface area contributed by atoms with E-state index in [1.54, 1.807) is 35.6 Å². The molecule has 8 heteroatoms. The molecule has 0 spiro atoms. The zero-order valence-electron chi connectivity index (χ0n) is 16.3. The molecule has 1 atom stereocenters. The smallest absolute Gasteiger partial charge is 0.243 e. The molecule has 8 nitrogen and oxygen atoms in total. The van der Waals surface area contributed by atoms with Crippen LogP contribution in [0.15, 0.2) is 55.1 Å². The van der Waals surface area contributed by atoms with Gasteiger partial charge >= 0.3 is 0 Å². The van der Waals surface area contributed by atoms with Crippen LogP contribution >= 0.6 is 0 Å². The SMILES string of the molecule is CO[C@@H]1CN(C(=O)Cn2cnc3ccccc32)CC(=O)N(Cc2cccnc2)C1. The number of hydrogen-bond donors (Lipinski definition) is 0. The highest BCUT2D eigenvalue weighted by molar-refractivity contribution is 5.86. The number of imidazole rings is 1. The molecule has 0 aliphatic carbocycles. The second-order valence-corrected chi connectivity index (χ2v) is 7.13. The average Bonchev–Trinajstić information content (AvgIpc) is 3.07. The predicted molar refractivity (Wildman–Crippen MR) is 107 cm³/mol. The molecule has 1 saturated heterocycles. The van der Waals surface area contributed by atoms with Gasteiger partial charge in [0.05, 0.1) is 30.0 Å². The van der Waals surface area contributed by atoms with Crippen LogP contribution in [-0.4, -0.2) is 69.0 Å². The molecule has 1 aliphatic rings. The first-order valence-corrected chi connectivity index (χ1v) is 9.51. The van der Waals surface area contributed by atoms with Crippen LogP contribution in [0.25, 0.3) is 11.0 Å². The summed E-state index contributed by atoms with van der Waals surface area (Å²) in [5, 5.41) is 0. The maximum absolute atomic E-state index is 13.0. The van der Waals surface area contributed by atoms with Crippen molar-refractivity contribution >= 4 is 22.8 Å². The van der Waals surface area contributed by atoms with Gasteiger partial charge in [-0.25, -0.2) is 4.98 Å². The highest BCUT2D eigenvalue weighted by Gasteiger charge is 2.30. The van der Waals surface area contributed by atoms with E-state index in [0.717, 1.165) is 16.6 Å². The van der Waals surface area contributed by atoms with Crippen molar-refractivity contribution in [3.8, 4) is 0 Å². The molecule has 0 bridgehead atoms. The molecule has 1 aromatic carbocycles. The second-order valence-electron chi connectivity index (χ2n) is 7.13. The monoisotopic (exact) mass is 393 g/mol. The number of methoxy groups -OCH3 is 1. The third-order valence-corrected chi connectivity index (χ3v) is 5.14. The summed E-state index contributed by atoms with van der Waals surface area (Å²) in [4.78, 5) is 37.6. The number of para-hydroxylation sites is 2. The fourth-order valence-electron chi connectivity index (χ4n) is 3.56.